The number of amides is 1. The molecule has 0 spiro atoms. The second-order valence-corrected chi connectivity index (χ2v) is 3.10. The van der Waals surface area contributed by atoms with E-state index in [-0.39, 0.29) is 18.6 Å². The van der Waals surface area contributed by atoms with Crippen LogP contribution >= 0.6 is 0 Å². The number of carbonyl (C=O) groups excluding carboxylic acids is 1. The summed E-state index contributed by atoms with van der Waals surface area (Å²) in [6.45, 7) is 1.26. The summed E-state index contributed by atoms with van der Waals surface area (Å²) in [5.41, 5.74) is 5.27. The van der Waals surface area contributed by atoms with Crippen molar-refractivity contribution >= 4 is 5.91 Å². The van der Waals surface area contributed by atoms with Crippen molar-refractivity contribution in [2.75, 3.05) is 19.7 Å². The lowest BCUT2D eigenvalue weighted by Gasteiger charge is -2.22. The molecular formula is C8H16N2O2. The molecule has 1 unspecified atom stereocenters. The quantitative estimate of drug-likeness (QED) is 0.592. The number of likely N-dealkylation sites (tertiary alicyclic amines) is 1. The lowest BCUT2D eigenvalue weighted by molar-refractivity contribution is -0.132. The number of nitrogens with zero attached hydrogens (tertiary/aromatic N) is 1. The van der Waals surface area contributed by atoms with Crippen LogP contribution in [-0.4, -0.2) is 41.7 Å². The van der Waals surface area contributed by atoms with Gasteiger partial charge in [-0.2, -0.15) is 0 Å². The fourth-order valence-electron chi connectivity index (χ4n) is 1.62. The minimum absolute atomic E-state index is 0.0454. The number of carbonyl (C=O) groups is 1. The standard InChI is InChI=1S/C8H16N2O2/c9-4-3-8(12)10-5-1-2-7(10)6-11/h7,11H,1-6,9H2. The summed E-state index contributed by atoms with van der Waals surface area (Å²) in [5.74, 6) is 0.0778. The molecule has 1 fully saturated rings. The van der Waals surface area contributed by atoms with Gasteiger partial charge in [-0.25, -0.2) is 0 Å². The van der Waals surface area contributed by atoms with E-state index >= 15 is 0 Å². The summed E-state index contributed by atoms with van der Waals surface area (Å²) < 4.78 is 0. The zero-order chi connectivity index (χ0) is 8.97. The Balaban J connectivity index is 2.43. The molecular weight excluding hydrogens is 156 g/mol. The predicted molar refractivity (Wildman–Crippen MR) is 45.5 cm³/mol. The average molecular weight is 172 g/mol. The molecule has 1 saturated heterocycles. The Bertz CT molecular complexity index is 161. The van der Waals surface area contributed by atoms with E-state index in [1.165, 1.54) is 0 Å². The molecule has 1 aliphatic rings. The van der Waals surface area contributed by atoms with Crippen LogP contribution in [0.15, 0.2) is 0 Å². The summed E-state index contributed by atoms with van der Waals surface area (Å²) in [5, 5.41) is 8.93. The molecule has 1 aliphatic heterocycles. The van der Waals surface area contributed by atoms with Gasteiger partial charge >= 0.3 is 0 Å². The van der Waals surface area contributed by atoms with E-state index in [9.17, 15) is 4.79 Å². The molecule has 0 aromatic rings. The van der Waals surface area contributed by atoms with Gasteiger partial charge in [-0.15, -0.1) is 0 Å². The van der Waals surface area contributed by atoms with Crippen LogP contribution in [0.5, 0.6) is 0 Å². The third-order valence-corrected chi connectivity index (χ3v) is 2.27. The van der Waals surface area contributed by atoms with E-state index in [1.807, 2.05) is 0 Å². The van der Waals surface area contributed by atoms with E-state index in [1.54, 1.807) is 4.90 Å². The maximum atomic E-state index is 11.3. The zero-order valence-electron chi connectivity index (χ0n) is 7.20. The van der Waals surface area contributed by atoms with Crippen molar-refractivity contribution in [3.63, 3.8) is 0 Å². The Hall–Kier alpha value is -0.610. The highest BCUT2D eigenvalue weighted by Gasteiger charge is 2.26. The number of nitrogens with two attached hydrogens (primary N) is 1. The molecule has 4 nitrogen and oxygen atoms in total. The summed E-state index contributed by atoms with van der Waals surface area (Å²) in [7, 11) is 0. The van der Waals surface area contributed by atoms with Crippen LogP contribution < -0.4 is 5.73 Å². The molecule has 1 rings (SSSR count). The maximum absolute atomic E-state index is 11.3. The average Bonchev–Trinajstić information content (AvgIpc) is 2.51. The van der Waals surface area contributed by atoms with E-state index in [0.717, 1.165) is 19.4 Å². The van der Waals surface area contributed by atoms with E-state index < -0.39 is 0 Å². The highest BCUT2D eigenvalue weighted by atomic mass is 16.3. The first-order chi connectivity index (χ1) is 5.79. The molecule has 0 radical (unpaired) electrons. The summed E-state index contributed by atoms with van der Waals surface area (Å²) in [6, 6.07) is 0.0454. The SMILES string of the molecule is NCCC(=O)N1CCCC1CO. The Kier molecular flexibility index (Phi) is 3.49. The van der Waals surface area contributed by atoms with Crippen molar-refractivity contribution in [3.8, 4) is 0 Å². The van der Waals surface area contributed by atoms with Gasteiger partial charge in [0.2, 0.25) is 5.91 Å². The highest BCUT2D eigenvalue weighted by molar-refractivity contribution is 5.77. The monoisotopic (exact) mass is 172 g/mol. The van der Waals surface area contributed by atoms with Crippen LogP contribution in [0.3, 0.4) is 0 Å². The first kappa shape index (κ1) is 9.48. The summed E-state index contributed by atoms with van der Waals surface area (Å²) in [6.07, 6.45) is 2.32. The molecule has 0 aromatic carbocycles. The predicted octanol–water partition coefficient (Wildman–Crippen LogP) is -0.681. The first-order valence-corrected chi connectivity index (χ1v) is 4.40. The molecule has 0 aromatic heterocycles. The van der Waals surface area contributed by atoms with Gasteiger partial charge in [0.1, 0.15) is 0 Å². The third-order valence-electron chi connectivity index (χ3n) is 2.27. The molecule has 1 atom stereocenters. The highest BCUT2D eigenvalue weighted by Crippen LogP contribution is 2.17. The molecule has 4 heteroatoms. The van der Waals surface area contributed by atoms with Gasteiger partial charge in [0, 0.05) is 19.5 Å². The number of aliphatic hydroxyl groups is 1. The molecule has 0 saturated carbocycles. The molecule has 1 heterocycles. The minimum atomic E-state index is 0.0454. The van der Waals surface area contributed by atoms with Gasteiger partial charge in [-0.05, 0) is 12.8 Å². The fourth-order valence-corrected chi connectivity index (χ4v) is 1.62. The lowest BCUT2D eigenvalue weighted by atomic mass is 10.2. The largest absolute Gasteiger partial charge is 0.394 e. The van der Waals surface area contributed by atoms with Gasteiger partial charge in [0.05, 0.1) is 12.6 Å². The maximum Gasteiger partial charge on any atom is 0.224 e. The number of hydrogen-bond acceptors (Lipinski definition) is 3. The van der Waals surface area contributed by atoms with E-state index in [4.69, 9.17) is 10.8 Å². The van der Waals surface area contributed by atoms with Crippen molar-refractivity contribution in [1.29, 1.82) is 0 Å². The second-order valence-electron chi connectivity index (χ2n) is 3.10. The Labute approximate surface area is 72.3 Å². The summed E-state index contributed by atoms with van der Waals surface area (Å²) >= 11 is 0. The van der Waals surface area contributed by atoms with Gasteiger partial charge in [-0.3, -0.25) is 4.79 Å². The molecule has 0 aliphatic carbocycles. The molecule has 3 N–H and O–H groups in total. The number of aliphatic hydroxyl groups excluding tert-OH is 1. The van der Waals surface area contributed by atoms with Crippen LogP contribution in [0.2, 0.25) is 0 Å². The van der Waals surface area contributed by atoms with Gasteiger partial charge in [0.15, 0.2) is 0 Å². The van der Waals surface area contributed by atoms with Crippen LogP contribution in [-0.2, 0) is 4.79 Å². The van der Waals surface area contributed by atoms with Crippen molar-refractivity contribution in [2.24, 2.45) is 5.73 Å². The first-order valence-electron chi connectivity index (χ1n) is 4.40. The number of hydrogen-bond donors (Lipinski definition) is 2. The zero-order valence-corrected chi connectivity index (χ0v) is 7.20. The van der Waals surface area contributed by atoms with Gasteiger partial charge in [0.25, 0.3) is 0 Å². The van der Waals surface area contributed by atoms with E-state index in [0.29, 0.717) is 13.0 Å². The summed E-state index contributed by atoms with van der Waals surface area (Å²) in [4.78, 5) is 13.1. The lowest BCUT2D eigenvalue weighted by Crippen LogP contribution is -2.38. The van der Waals surface area contributed by atoms with Gasteiger partial charge in [-0.1, -0.05) is 0 Å². The molecule has 70 valence electrons. The van der Waals surface area contributed by atoms with Crippen LogP contribution in [0.1, 0.15) is 19.3 Å². The third kappa shape index (κ3) is 1.95. The van der Waals surface area contributed by atoms with Crippen molar-refractivity contribution in [2.45, 2.75) is 25.3 Å². The van der Waals surface area contributed by atoms with Crippen molar-refractivity contribution in [1.82, 2.24) is 4.90 Å². The smallest absolute Gasteiger partial charge is 0.224 e. The van der Waals surface area contributed by atoms with Crippen LogP contribution in [0.4, 0.5) is 0 Å². The Morgan fingerprint density at radius 1 is 1.67 bits per heavy atom. The van der Waals surface area contributed by atoms with Gasteiger partial charge < -0.3 is 15.7 Å². The van der Waals surface area contributed by atoms with E-state index in [2.05, 4.69) is 0 Å². The molecule has 1 amide bonds. The fraction of sp³-hybridized carbons (Fsp3) is 0.875. The molecule has 12 heavy (non-hydrogen) atoms. The number of rotatable bonds is 3. The topological polar surface area (TPSA) is 66.6 Å². The van der Waals surface area contributed by atoms with Crippen LogP contribution in [0.25, 0.3) is 0 Å². The Morgan fingerprint density at radius 2 is 2.42 bits per heavy atom. The normalized spacial score (nSPS) is 23.2. The Morgan fingerprint density at radius 3 is 3.00 bits per heavy atom. The van der Waals surface area contributed by atoms with Crippen molar-refractivity contribution in [3.05, 3.63) is 0 Å². The minimum Gasteiger partial charge on any atom is -0.394 e. The van der Waals surface area contributed by atoms with Crippen molar-refractivity contribution < 1.29 is 9.90 Å². The van der Waals surface area contributed by atoms with Crippen LogP contribution in [0, 0.1) is 0 Å². The second kappa shape index (κ2) is 4.42. The molecule has 0 bridgehead atoms.